The number of hydrogen-bond donors (Lipinski definition) is 0. The molecule has 1 saturated heterocycles. The third-order valence-electron chi connectivity index (χ3n) is 7.47. The van der Waals surface area contributed by atoms with Gasteiger partial charge in [-0.15, -0.1) is 0 Å². The average Bonchev–Trinajstić information content (AvgIpc) is 3.21. The smallest absolute Gasteiger partial charge is 0.449 e. The van der Waals surface area contributed by atoms with E-state index in [0.717, 1.165) is 36.8 Å². The van der Waals surface area contributed by atoms with Gasteiger partial charge in [0.1, 0.15) is 17.1 Å². The molecule has 0 unspecified atom stereocenters. The predicted octanol–water partition coefficient (Wildman–Crippen LogP) is 9.12. The van der Waals surface area contributed by atoms with Gasteiger partial charge >= 0.3 is 12.1 Å². The number of ether oxygens (including phenoxy) is 2. The molecular formula is C32H28Cl2F3NO5. The molecule has 2 heterocycles. The number of benzene rings is 3. The number of hydrogen-bond acceptors (Lipinski definition) is 6. The molecule has 0 bridgehead atoms. The van der Waals surface area contributed by atoms with E-state index < -0.39 is 29.1 Å². The van der Waals surface area contributed by atoms with Crippen LogP contribution in [-0.4, -0.2) is 24.0 Å². The molecule has 1 aliphatic heterocycles. The minimum Gasteiger partial charge on any atom is -0.449 e. The maximum Gasteiger partial charge on any atom is 0.453 e. The number of carbonyl (C=O) groups excluding carboxylic acids is 1. The van der Waals surface area contributed by atoms with E-state index >= 15 is 0 Å². The molecule has 6 nitrogen and oxygen atoms in total. The monoisotopic (exact) mass is 633 g/mol. The van der Waals surface area contributed by atoms with E-state index in [1.165, 1.54) is 36.4 Å². The standard InChI is InChI=1S/C32H28Cl2F3NO5/c1-18-7-9-21(15-19(18)2)41-29-27(39)23-11-12-26(42-31(40)22-10-8-20(33)16-25(22)34)24(17-38-13-5-3-4-6-14-38)28(23)43-30(29)32(35,36)37/h7-12,15-16H,3-6,13-14,17H2,1-2H3. The Labute approximate surface area is 255 Å². The Morgan fingerprint density at radius 3 is 2.33 bits per heavy atom. The molecular weight excluding hydrogens is 606 g/mol. The third kappa shape index (κ3) is 6.84. The number of likely N-dealkylation sites (tertiary alicyclic amines) is 1. The minimum absolute atomic E-state index is 0.0152. The van der Waals surface area contributed by atoms with Crippen LogP contribution >= 0.6 is 23.2 Å². The zero-order valence-electron chi connectivity index (χ0n) is 23.4. The summed E-state index contributed by atoms with van der Waals surface area (Å²) in [5, 5.41) is 0.224. The van der Waals surface area contributed by atoms with Gasteiger partial charge in [-0.2, -0.15) is 13.2 Å². The summed E-state index contributed by atoms with van der Waals surface area (Å²) in [6.45, 7) is 5.08. The molecule has 0 amide bonds. The minimum atomic E-state index is -5.06. The highest BCUT2D eigenvalue weighted by Gasteiger charge is 2.41. The van der Waals surface area contributed by atoms with E-state index in [4.69, 9.17) is 37.1 Å². The normalized spacial score (nSPS) is 14.5. The maximum absolute atomic E-state index is 14.4. The number of fused-ring (bicyclic) bond motifs is 1. The van der Waals surface area contributed by atoms with Crippen molar-refractivity contribution in [3.63, 3.8) is 0 Å². The van der Waals surface area contributed by atoms with Crippen molar-refractivity contribution in [1.29, 1.82) is 0 Å². The van der Waals surface area contributed by atoms with Crippen molar-refractivity contribution in [2.24, 2.45) is 0 Å². The lowest BCUT2D eigenvalue weighted by Gasteiger charge is -2.22. The Balaban J connectivity index is 1.67. The van der Waals surface area contributed by atoms with Crippen molar-refractivity contribution < 1.29 is 31.9 Å². The molecule has 11 heteroatoms. The van der Waals surface area contributed by atoms with Crippen molar-refractivity contribution in [2.75, 3.05) is 13.1 Å². The van der Waals surface area contributed by atoms with E-state index in [-0.39, 0.29) is 45.2 Å². The first-order valence-electron chi connectivity index (χ1n) is 13.8. The van der Waals surface area contributed by atoms with Crippen LogP contribution in [0.25, 0.3) is 11.0 Å². The molecule has 1 aromatic heterocycles. The highest BCUT2D eigenvalue weighted by molar-refractivity contribution is 6.36. The van der Waals surface area contributed by atoms with Gasteiger partial charge in [0, 0.05) is 11.6 Å². The Morgan fingerprint density at radius 1 is 0.953 bits per heavy atom. The van der Waals surface area contributed by atoms with Crippen LogP contribution in [0.15, 0.2) is 57.7 Å². The molecule has 0 atom stereocenters. The van der Waals surface area contributed by atoms with Gasteiger partial charge in [-0.1, -0.05) is 42.1 Å². The lowest BCUT2D eigenvalue weighted by atomic mass is 10.1. The van der Waals surface area contributed by atoms with E-state index in [1.54, 1.807) is 19.1 Å². The van der Waals surface area contributed by atoms with Crippen molar-refractivity contribution in [1.82, 2.24) is 4.90 Å². The van der Waals surface area contributed by atoms with Crippen LogP contribution in [0.2, 0.25) is 10.0 Å². The summed E-state index contributed by atoms with van der Waals surface area (Å²) in [5.41, 5.74) is 0.515. The van der Waals surface area contributed by atoms with Gasteiger partial charge in [0.25, 0.3) is 5.76 Å². The van der Waals surface area contributed by atoms with Crippen LogP contribution in [0.1, 0.15) is 58.5 Å². The van der Waals surface area contributed by atoms with E-state index in [9.17, 15) is 22.8 Å². The van der Waals surface area contributed by atoms with Crippen LogP contribution < -0.4 is 14.9 Å². The molecule has 5 rings (SSSR count). The van der Waals surface area contributed by atoms with Crippen LogP contribution in [0.4, 0.5) is 13.2 Å². The van der Waals surface area contributed by atoms with Gasteiger partial charge in [0.15, 0.2) is 0 Å². The van der Waals surface area contributed by atoms with Gasteiger partial charge < -0.3 is 13.9 Å². The van der Waals surface area contributed by atoms with E-state index in [2.05, 4.69) is 0 Å². The average molecular weight is 634 g/mol. The van der Waals surface area contributed by atoms with Gasteiger partial charge in [-0.3, -0.25) is 9.69 Å². The van der Waals surface area contributed by atoms with Crippen LogP contribution in [-0.2, 0) is 12.7 Å². The highest BCUT2D eigenvalue weighted by atomic mass is 35.5. The number of rotatable bonds is 6. The number of esters is 1. The number of carbonyl (C=O) groups is 1. The summed E-state index contributed by atoms with van der Waals surface area (Å²) >= 11 is 12.2. The lowest BCUT2D eigenvalue weighted by Crippen LogP contribution is -2.25. The number of halogens is 5. The largest absolute Gasteiger partial charge is 0.453 e. The van der Waals surface area contributed by atoms with Crippen LogP contribution in [0.3, 0.4) is 0 Å². The molecule has 1 aliphatic rings. The summed E-state index contributed by atoms with van der Waals surface area (Å²) in [5.74, 6) is -3.38. The van der Waals surface area contributed by atoms with Crippen LogP contribution in [0, 0.1) is 13.8 Å². The first-order valence-corrected chi connectivity index (χ1v) is 14.5. The first-order chi connectivity index (χ1) is 20.4. The van der Waals surface area contributed by atoms with Crippen molar-refractivity contribution >= 4 is 40.1 Å². The zero-order valence-corrected chi connectivity index (χ0v) is 25.0. The summed E-state index contributed by atoms with van der Waals surface area (Å²) in [4.78, 5) is 28.8. The van der Waals surface area contributed by atoms with E-state index in [0.29, 0.717) is 18.1 Å². The number of nitrogens with zero attached hydrogens (tertiary/aromatic N) is 1. The molecule has 0 saturated carbocycles. The summed E-state index contributed by atoms with van der Waals surface area (Å²) in [6, 6.07) is 11.6. The van der Waals surface area contributed by atoms with Crippen LogP contribution in [0.5, 0.6) is 17.2 Å². The fraction of sp³-hybridized carbons (Fsp3) is 0.312. The number of alkyl halides is 3. The summed E-state index contributed by atoms with van der Waals surface area (Å²) in [7, 11) is 0. The van der Waals surface area contributed by atoms with Crippen molar-refractivity contribution in [2.45, 2.75) is 52.3 Å². The van der Waals surface area contributed by atoms with E-state index in [1.807, 2.05) is 11.8 Å². The molecule has 0 aliphatic carbocycles. The van der Waals surface area contributed by atoms with Gasteiger partial charge in [0.05, 0.1) is 21.5 Å². The lowest BCUT2D eigenvalue weighted by molar-refractivity contribution is -0.154. The fourth-order valence-electron chi connectivity index (χ4n) is 5.03. The Hall–Kier alpha value is -3.53. The third-order valence-corrected chi connectivity index (χ3v) is 8.02. The topological polar surface area (TPSA) is 69.0 Å². The quantitative estimate of drug-likeness (QED) is 0.156. The first kappa shape index (κ1) is 30.9. The number of aryl methyl sites for hydroxylation is 2. The molecule has 3 aromatic carbocycles. The van der Waals surface area contributed by atoms with Crippen molar-refractivity contribution in [3.05, 3.63) is 96.8 Å². The Bertz CT molecular complexity index is 1740. The highest BCUT2D eigenvalue weighted by Crippen LogP contribution is 2.41. The van der Waals surface area contributed by atoms with Gasteiger partial charge in [-0.25, -0.2) is 4.79 Å². The Morgan fingerprint density at radius 2 is 1.67 bits per heavy atom. The molecule has 0 spiro atoms. The second kappa shape index (κ2) is 12.6. The fourth-order valence-corrected chi connectivity index (χ4v) is 5.51. The molecule has 43 heavy (non-hydrogen) atoms. The van der Waals surface area contributed by atoms with Gasteiger partial charge in [0.2, 0.25) is 11.2 Å². The maximum atomic E-state index is 14.4. The van der Waals surface area contributed by atoms with Crippen molar-refractivity contribution in [3.8, 4) is 17.2 Å². The SMILES string of the molecule is Cc1ccc(Oc2c(C(F)(F)F)oc3c(CN4CCCCCC4)c(OC(=O)c4ccc(Cl)cc4Cl)ccc3c2=O)cc1C. The zero-order chi connectivity index (χ0) is 30.9. The second-order valence-electron chi connectivity index (χ2n) is 10.6. The Kier molecular flexibility index (Phi) is 9.06. The second-order valence-corrected chi connectivity index (χ2v) is 11.4. The predicted molar refractivity (Wildman–Crippen MR) is 159 cm³/mol. The molecule has 0 radical (unpaired) electrons. The van der Waals surface area contributed by atoms with Gasteiger partial charge in [-0.05, 0) is 93.4 Å². The molecule has 0 N–H and O–H groups in total. The molecule has 1 fully saturated rings. The summed E-state index contributed by atoms with van der Waals surface area (Å²) < 4.78 is 60.0. The summed E-state index contributed by atoms with van der Waals surface area (Å²) in [6.07, 6.45) is -1.23. The molecule has 4 aromatic rings. The molecule has 226 valence electrons.